The Morgan fingerprint density at radius 3 is 2.35 bits per heavy atom. The van der Waals surface area contributed by atoms with Crippen molar-refractivity contribution in [1.29, 1.82) is 0 Å². The first kappa shape index (κ1) is 38.5. The van der Waals surface area contributed by atoms with Crippen LogP contribution in [0.4, 0.5) is 18.9 Å². The highest BCUT2D eigenvalue weighted by Gasteiger charge is 2.60. The molecule has 0 aromatic heterocycles. The third-order valence-corrected chi connectivity index (χ3v) is 14.9. The maximum absolute atomic E-state index is 13.7. The number of nitrogens with zero attached hydrogens (tertiary/aromatic N) is 2. The number of nitro benzene ring substituents is 1. The second-order valence-electron chi connectivity index (χ2n) is 12.0. The molecule has 0 spiro atoms. The molecule has 2 aromatic carbocycles. The van der Waals surface area contributed by atoms with E-state index in [1.807, 2.05) is 36.4 Å². The summed E-state index contributed by atoms with van der Waals surface area (Å²) in [5.41, 5.74) is 1.20. The van der Waals surface area contributed by atoms with Gasteiger partial charge in [-0.1, -0.05) is 39.8 Å². The molecule has 1 saturated heterocycles. The molecule has 49 heavy (non-hydrogen) atoms. The van der Waals surface area contributed by atoms with E-state index >= 15 is 0 Å². The van der Waals surface area contributed by atoms with Crippen LogP contribution in [0.1, 0.15) is 40.2 Å². The van der Waals surface area contributed by atoms with Gasteiger partial charge in [0.05, 0.1) is 33.2 Å². The number of carbonyl (C=O) groups excluding carboxylic acids is 2. The minimum absolute atomic E-state index is 0.0834. The minimum atomic E-state index is -4.68. The molecular weight excluding hydrogens is 776 g/mol. The standard InChI is InChI=1S/C34H40F3IN2O8Si/c1-6-49(7-2,8-3)48-22(5)29-30-21(4)26(10-9-18-45-28-16-11-23(20-27(28)38)17-19-46-34(35,36)37)31(39(30)32(29)41)33(42)47-25-14-12-24(13-15-25)40(43)44/h9-16,20-22,29-30H,6-8,17-19H2,1-5H3/b10-9+/t21-,22+,29+,30+/m0/s1. The SMILES string of the molecule is CC[Si](CC)(CC)O[C@H](C)[C@H]1C(=O)N2C(C(=O)Oc3ccc([N+](=O)[O-])cc3)=C(/C=C/COc3ccc(CCOC(F)(F)F)cc3I)[C@H](C)[C@H]12. The van der Waals surface area contributed by atoms with Gasteiger partial charge in [-0.15, -0.1) is 13.2 Å². The number of carbonyl (C=O) groups is 2. The number of esters is 1. The molecule has 2 aliphatic rings. The topological polar surface area (TPSA) is 117 Å². The van der Waals surface area contributed by atoms with Gasteiger partial charge in [0.1, 0.15) is 23.8 Å². The van der Waals surface area contributed by atoms with E-state index in [0.29, 0.717) is 20.5 Å². The lowest BCUT2D eigenvalue weighted by atomic mass is 9.77. The van der Waals surface area contributed by atoms with Crippen molar-refractivity contribution in [2.45, 2.75) is 77.7 Å². The summed E-state index contributed by atoms with van der Waals surface area (Å²) in [6.45, 7) is 9.87. The van der Waals surface area contributed by atoms with Gasteiger partial charge in [-0.3, -0.25) is 19.6 Å². The molecule has 0 bridgehead atoms. The Labute approximate surface area is 298 Å². The molecule has 10 nitrogen and oxygen atoms in total. The van der Waals surface area contributed by atoms with Crippen molar-refractivity contribution < 1.29 is 46.3 Å². The second-order valence-corrected chi connectivity index (χ2v) is 17.9. The third kappa shape index (κ3) is 8.91. The summed E-state index contributed by atoms with van der Waals surface area (Å²) in [5.74, 6) is -1.05. The zero-order valence-corrected chi connectivity index (χ0v) is 31.1. The van der Waals surface area contributed by atoms with Gasteiger partial charge < -0.3 is 18.8 Å². The van der Waals surface area contributed by atoms with Crippen molar-refractivity contribution in [3.05, 3.63) is 85.1 Å². The van der Waals surface area contributed by atoms with Gasteiger partial charge in [-0.2, -0.15) is 0 Å². The minimum Gasteiger partial charge on any atom is -0.488 e. The summed E-state index contributed by atoms with van der Waals surface area (Å²) in [6.07, 6.45) is -1.48. The zero-order valence-electron chi connectivity index (χ0n) is 27.9. The highest BCUT2D eigenvalue weighted by molar-refractivity contribution is 14.1. The van der Waals surface area contributed by atoms with E-state index < -0.39 is 38.1 Å². The number of benzene rings is 2. The molecule has 2 aliphatic heterocycles. The number of hydrogen-bond acceptors (Lipinski definition) is 8. The maximum atomic E-state index is 13.7. The predicted octanol–water partition coefficient (Wildman–Crippen LogP) is 7.96. The number of fused-ring (bicyclic) bond motifs is 1. The number of allylic oxidation sites excluding steroid dienone is 1. The molecule has 266 valence electrons. The molecule has 2 aromatic rings. The Hall–Kier alpha value is -3.28. The number of hydrogen-bond donors (Lipinski definition) is 0. The van der Waals surface area contributed by atoms with E-state index in [9.17, 15) is 32.9 Å². The Kier molecular flexibility index (Phi) is 12.7. The second kappa shape index (κ2) is 16.2. The van der Waals surface area contributed by atoms with Crippen LogP contribution < -0.4 is 9.47 Å². The van der Waals surface area contributed by atoms with Gasteiger partial charge in [0, 0.05) is 18.1 Å². The van der Waals surface area contributed by atoms with Gasteiger partial charge in [-0.25, -0.2) is 4.79 Å². The fraction of sp³-hybridized carbons (Fsp3) is 0.471. The Balaban J connectivity index is 1.53. The number of alkyl halides is 3. The molecule has 4 atom stereocenters. The summed E-state index contributed by atoms with van der Waals surface area (Å²) < 4.78 is 59.7. The Bertz CT molecular complexity index is 1590. The number of rotatable bonds is 16. The van der Waals surface area contributed by atoms with Crippen molar-refractivity contribution >= 4 is 48.5 Å². The molecule has 0 unspecified atom stereocenters. The fourth-order valence-corrected chi connectivity index (χ4v) is 10.1. The molecule has 1 fully saturated rings. The number of amides is 1. The number of β-lactam (4-membered cyclic amide) rings is 1. The van der Waals surface area contributed by atoms with Crippen molar-refractivity contribution in [3.8, 4) is 11.5 Å². The molecule has 4 rings (SSSR count). The van der Waals surface area contributed by atoms with Gasteiger partial charge in [0.2, 0.25) is 5.91 Å². The molecule has 0 aliphatic carbocycles. The Morgan fingerprint density at radius 1 is 1.12 bits per heavy atom. The summed E-state index contributed by atoms with van der Waals surface area (Å²) in [7, 11) is -2.03. The van der Waals surface area contributed by atoms with E-state index in [4.69, 9.17) is 13.9 Å². The third-order valence-electron chi connectivity index (χ3n) is 9.32. The smallest absolute Gasteiger partial charge is 0.488 e. The lowest BCUT2D eigenvalue weighted by Crippen LogP contribution is -2.65. The molecule has 1 amide bonds. The first-order chi connectivity index (χ1) is 23.1. The summed E-state index contributed by atoms with van der Waals surface area (Å²) in [5, 5.41) is 11.1. The first-order valence-electron chi connectivity index (χ1n) is 16.1. The predicted molar refractivity (Wildman–Crippen MR) is 186 cm³/mol. The largest absolute Gasteiger partial charge is 0.522 e. The molecule has 0 saturated carbocycles. The van der Waals surface area contributed by atoms with Crippen LogP contribution in [0.5, 0.6) is 11.5 Å². The van der Waals surface area contributed by atoms with Crippen LogP contribution in [0.3, 0.4) is 0 Å². The van der Waals surface area contributed by atoms with E-state index in [0.717, 1.165) is 18.1 Å². The van der Waals surface area contributed by atoms with Gasteiger partial charge >= 0.3 is 12.3 Å². The van der Waals surface area contributed by atoms with Crippen LogP contribution in [0.25, 0.3) is 0 Å². The van der Waals surface area contributed by atoms with Crippen molar-refractivity contribution in [1.82, 2.24) is 4.90 Å². The van der Waals surface area contributed by atoms with Crippen molar-refractivity contribution in [3.63, 3.8) is 0 Å². The van der Waals surface area contributed by atoms with Crippen LogP contribution >= 0.6 is 22.6 Å². The van der Waals surface area contributed by atoms with E-state index in [1.165, 1.54) is 29.2 Å². The quantitative estimate of drug-likeness (QED) is 0.0319. The maximum Gasteiger partial charge on any atom is 0.522 e. The van der Waals surface area contributed by atoms with Crippen molar-refractivity contribution in [2.24, 2.45) is 11.8 Å². The summed E-state index contributed by atoms with van der Waals surface area (Å²) >= 11 is 2.04. The van der Waals surface area contributed by atoms with Crippen LogP contribution in [0.15, 0.2) is 65.9 Å². The lowest BCUT2D eigenvalue weighted by Gasteiger charge is -2.49. The molecule has 2 heterocycles. The first-order valence-corrected chi connectivity index (χ1v) is 19.8. The monoisotopic (exact) mass is 816 g/mol. The van der Waals surface area contributed by atoms with Crippen LogP contribution in [-0.2, 0) is 25.2 Å². The fourth-order valence-electron chi connectivity index (χ4n) is 6.46. The van der Waals surface area contributed by atoms with Crippen LogP contribution in [0, 0.1) is 25.5 Å². The summed E-state index contributed by atoms with van der Waals surface area (Å²) in [6, 6.07) is 12.7. The van der Waals surface area contributed by atoms with E-state index in [-0.39, 0.29) is 54.1 Å². The summed E-state index contributed by atoms with van der Waals surface area (Å²) in [4.78, 5) is 39.4. The zero-order chi connectivity index (χ0) is 36.1. The molecule has 15 heteroatoms. The number of halogens is 4. The number of ether oxygens (including phenoxy) is 3. The van der Waals surface area contributed by atoms with Gasteiger partial charge in [0.15, 0.2) is 8.32 Å². The van der Waals surface area contributed by atoms with E-state index in [2.05, 4.69) is 25.5 Å². The van der Waals surface area contributed by atoms with Crippen LogP contribution in [-0.4, -0.2) is 61.7 Å². The van der Waals surface area contributed by atoms with Crippen molar-refractivity contribution in [2.75, 3.05) is 13.2 Å². The van der Waals surface area contributed by atoms with Crippen LogP contribution in [0.2, 0.25) is 18.1 Å². The number of nitro groups is 1. The Morgan fingerprint density at radius 2 is 1.78 bits per heavy atom. The highest BCUT2D eigenvalue weighted by atomic mass is 127. The normalized spacial score (nSPS) is 20.0. The van der Waals surface area contributed by atoms with E-state index in [1.54, 1.807) is 30.4 Å². The van der Waals surface area contributed by atoms with Gasteiger partial charge in [-0.05, 0) is 95.5 Å². The van der Waals surface area contributed by atoms with Gasteiger partial charge in [0.25, 0.3) is 5.69 Å². The highest BCUT2D eigenvalue weighted by Crippen LogP contribution is 2.49. The average Bonchev–Trinajstić information content (AvgIpc) is 3.30. The molecule has 0 radical (unpaired) electrons. The molecular formula is C34H40F3IN2O8Si. The lowest BCUT2D eigenvalue weighted by molar-refractivity contribution is -0.384. The average molecular weight is 817 g/mol. The molecule has 0 N–H and O–H groups in total. The number of non-ortho nitro benzene ring substituents is 1.